The Labute approximate surface area is 92.9 Å². The summed E-state index contributed by atoms with van der Waals surface area (Å²) >= 11 is 0. The lowest BCUT2D eigenvalue weighted by molar-refractivity contribution is 0.365. The summed E-state index contributed by atoms with van der Waals surface area (Å²) in [5.74, 6) is 0. The molecule has 0 radical (unpaired) electrons. The molecular weight excluding hydrogens is 184 g/mol. The molecule has 0 atom stereocenters. The molecule has 0 spiro atoms. The van der Waals surface area contributed by atoms with E-state index in [1.54, 1.807) is 0 Å². The van der Waals surface area contributed by atoms with E-state index in [1.165, 1.54) is 11.3 Å². The summed E-state index contributed by atoms with van der Waals surface area (Å²) in [7, 11) is 0. The van der Waals surface area contributed by atoms with Crippen molar-refractivity contribution in [3.63, 3.8) is 0 Å². The summed E-state index contributed by atoms with van der Waals surface area (Å²) < 4.78 is 0. The van der Waals surface area contributed by atoms with Crippen LogP contribution in [0.3, 0.4) is 0 Å². The highest BCUT2D eigenvalue weighted by Crippen LogP contribution is 2.21. The molecule has 0 fully saturated rings. The first-order chi connectivity index (χ1) is 7.05. The molecule has 2 heteroatoms. The lowest BCUT2D eigenvalue weighted by Gasteiger charge is -2.25. The molecular formula is C13H22N2. The molecule has 0 saturated carbocycles. The maximum absolute atomic E-state index is 5.59. The van der Waals surface area contributed by atoms with Crippen LogP contribution in [0, 0.1) is 12.3 Å². The number of nitrogens with one attached hydrogen (secondary N) is 1. The maximum Gasteiger partial charge on any atom is 0.0370 e. The number of anilines is 1. The molecule has 84 valence electrons. The monoisotopic (exact) mass is 206 g/mol. The van der Waals surface area contributed by atoms with Crippen LogP contribution in [-0.2, 0) is 0 Å². The highest BCUT2D eigenvalue weighted by Gasteiger charge is 2.16. The van der Waals surface area contributed by atoms with Gasteiger partial charge in [-0.3, -0.25) is 0 Å². The van der Waals surface area contributed by atoms with Gasteiger partial charge in [0.15, 0.2) is 0 Å². The Bertz CT molecular complexity index is 305. The van der Waals surface area contributed by atoms with Gasteiger partial charge < -0.3 is 11.1 Å². The van der Waals surface area contributed by atoms with Gasteiger partial charge in [0.05, 0.1) is 0 Å². The number of aryl methyl sites for hydroxylation is 1. The minimum atomic E-state index is 0.261. The van der Waals surface area contributed by atoms with Crippen molar-refractivity contribution in [3.8, 4) is 0 Å². The minimum Gasteiger partial charge on any atom is -0.384 e. The second-order valence-electron chi connectivity index (χ2n) is 4.87. The van der Waals surface area contributed by atoms with E-state index in [0.717, 1.165) is 19.5 Å². The first-order valence-corrected chi connectivity index (χ1v) is 5.55. The van der Waals surface area contributed by atoms with Crippen molar-refractivity contribution in [2.24, 2.45) is 11.1 Å². The number of hydrogen-bond donors (Lipinski definition) is 2. The second kappa shape index (κ2) is 5.17. The van der Waals surface area contributed by atoms with Crippen LogP contribution in [0.1, 0.15) is 25.8 Å². The Hall–Kier alpha value is -1.02. The van der Waals surface area contributed by atoms with Crippen molar-refractivity contribution in [2.45, 2.75) is 27.2 Å². The van der Waals surface area contributed by atoms with E-state index in [0.29, 0.717) is 0 Å². The Morgan fingerprint density at radius 3 is 2.53 bits per heavy atom. The van der Waals surface area contributed by atoms with Gasteiger partial charge >= 0.3 is 0 Å². The molecule has 0 aliphatic carbocycles. The SMILES string of the molecule is Cc1ccccc1NCC(C)(C)CCN. The Kier molecular flexibility index (Phi) is 4.15. The van der Waals surface area contributed by atoms with E-state index in [1.807, 2.05) is 0 Å². The molecule has 0 aliphatic rings. The summed E-state index contributed by atoms with van der Waals surface area (Å²) in [6, 6.07) is 8.36. The predicted octanol–water partition coefficient (Wildman–Crippen LogP) is 2.78. The zero-order valence-corrected chi connectivity index (χ0v) is 10.0. The third kappa shape index (κ3) is 3.92. The highest BCUT2D eigenvalue weighted by atomic mass is 14.9. The minimum absolute atomic E-state index is 0.261. The van der Waals surface area contributed by atoms with E-state index >= 15 is 0 Å². The Morgan fingerprint density at radius 1 is 1.27 bits per heavy atom. The summed E-state index contributed by atoms with van der Waals surface area (Å²) in [6.07, 6.45) is 1.05. The van der Waals surface area contributed by atoms with Gasteiger partial charge in [0.2, 0.25) is 0 Å². The fourth-order valence-electron chi connectivity index (χ4n) is 1.58. The number of hydrogen-bond acceptors (Lipinski definition) is 2. The van der Waals surface area contributed by atoms with Crippen molar-refractivity contribution in [2.75, 3.05) is 18.4 Å². The van der Waals surface area contributed by atoms with Crippen LogP contribution in [0.2, 0.25) is 0 Å². The van der Waals surface area contributed by atoms with Crippen molar-refractivity contribution in [3.05, 3.63) is 29.8 Å². The van der Waals surface area contributed by atoms with Gasteiger partial charge in [0.25, 0.3) is 0 Å². The first kappa shape index (κ1) is 12.1. The molecule has 0 aliphatic heterocycles. The first-order valence-electron chi connectivity index (χ1n) is 5.55. The highest BCUT2D eigenvalue weighted by molar-refractivity contribution is 5.50. The van der Waals surface area contributed by atoms with Crippen LogP contribution < -0.4 is 11.1 Å². The molecule has 2 nitrogen and oxygen atoms in total. The van der Waals surface area contributed by atoms with E-state index in [2.05, 4.69) is 50.4 Å². The number of rotatable bonds is 5. The van der Waals surface area contributed by atoms with Crippen LogP contribution in [-0.4, -0.2) is 13.1 Å². The summed E-state index contributed by atoms with van der Waals surface area (Å²) in [4.78, 5) is 0. The third-order valence-electron chi connectivity index (χ3n) is 2.72. The van der Waals surface area contributed by atoms with Gasteiger partial charge in [-0.15, -0.1) is 0 Å². The normalized spacial score (nSPS) is 11.5. The number of para-hydroxylation sites is 1. The van der Waals surface area contributed by atoms with E-state index in [-0.39, 0.29) is 5.41 Å². The number of nitrogens with two attached hydrogens (primary N) is 1. The van der Waals surface area contributed by atoms with Crippen molar-refractivity contribution >= 4 is 5.69 Å². The van der Waals surface area contributed by atoms with E-state index in [9.17, 15) is 0 Å². The van der Waals surface area contributed by atoms with Gasteiger partial charge in [-0.2, -0.15) is 0 Å². The summed E-state index contributed by atoms with van der Waals surface area (Å²) in [5, 5.41) is 3.48. The fraction of sp³-hybridized carbons (Fsp3) is 0.538. The molecule has 1 aromatic rings. The molecule has 0 heterocycles. The van der Waals surface area contributed by atoms with Gasteiger partial charge in [-0.05, 0) is 36.9 Å². The van der Waals surface area contributed by atoms with Crippen LogP contribution >= 0.6 is 0 Å². The van der Waals surface area contributed by atoms with Gasteiger partial charge in [0.1, 0.15) is 0 Å². The molecule has 0 aromatic heterocycles. The zero-order valence-electron chi connectivity index (χ0n) is 10.0. The zero-order chi connectivity index (χ0) is 11.3. The average molecular weight is 206 g/mol. The third-order valence-corrected chi connectivity index (χ3v) is 2.72. The summed E-state index contributed by atoms with van der Waals surface area (Å²) in [6.45, 7) is 8.33. The van der Waals surface area contributed by atoms with E-state index < -0.39 is 0 Å². The molecule has 0 saturated heterocycles. The standard InChI is InChI=1S/C13H22N2/c1-11-6-4-5-7-12(11)15-10-13(2,3)8-9-14/h4-7,15H,8-10,14H2,1-3H3. The average Bonchev–Trinajstić information content (AvgIpc) is 2.16. The molecule has 0 amide bonds. The molecule has 15 heavy (non-hydrogen) atoms. The van der Waals surface area contributed by atoms with E-state index in [4.69, 9.17) is 5.73 Å². The quantitative estimate of drug-likeness (QED) is 0.777. The van der Waals surface area contributed by atoms with Crippen LogP contribution in [0.4, 0.5) is 5.69 Å². The van der Waals surface area contributed by atoms with Crippen LogP contribution in [0.15, 0.2) is 24.3 Å². The van der Waals surface area contributed by atoms with Crippen molar-refractivity contribution in [1.29, 1.82) is 0 Å². The maximum atomic E-state index is 5.59. The fourth-order valence-corrected chi connectivity index (χ4v) is 1.58. The Morgan fingerprint density at radius 2 is 1.93 bits per heavy atom. The second-order valence-corrected chi connectivity index (χ2v) is 4.87. The van der Waals surface area contributed by atoms with Gasteiger partial charge in [-0.1, -0.05) is 32.0 Å². The predicted molar refractivity (Wildman–Crippen MR) is 67.1 cm³/mol. The molecule has 1 aromatic carbocycles. The lowest BCUT2D eigenvalue weighted by atomic mass is 9.89. The number of benzene rings is 1. The largest absolute Gasteiger partial charge is 0.384 e. The van der Waals surface area contributed by atoms with Crippen LogP contribution in [0.25, 0.3) is 0 Å². The van der Waals surface area contributed by atoms with Crippen molar-refractivity contribution in [1.82, 2.24) is 0 Å². The van der Waals surface area contributed by atoms with Crippen molar-refractivity contribution < 1.29 is 0 Å². The molecule has 0 unspecified atom stereocenters. The van der Waals surface area contributed by atoms with Gasteiger partial charge in [-0.25, -0.2) is 0 Å². The molecule has 1 rings (SSSR count). The summed E-state index contributed by atoms with van der Waals surface area (Å²) in [5.41, 5.74) is 8.36. The smallest absolute Gasteiger partial charge is 0.0370 e. The van der Waals surface area contributed by atoms with Crippen LogP contribution in [0.5, 0.6) is 0 Å². The lowest BCUT2D eigenvalue weighted by Crippen LogP contribution is -2.26. The molecule has 0 bridgehead atoms. The van der Waals surface area contributed by atoms with Gasteiger partial charge in [0, 0.05) is 12.2 Å². The molecule has 3 N–H and O–H groups in total. The topological polar surface area (TPSA) is 38.0 Å². The Balaban J connectivity index is 2.53.